The Labute approximate surface area is 200 Å². The largest absolute Gasteiger partial charge is 0.388 e. The summed E-state index contributed by atoms with van der Waals surface area (Å²) in [7, 11) is -7.24. The molecule has 0 spiro atoms. The van der Waals surface area contributed by atoms with Gasteiger partial charge in [-0.15, -0.1) is 18.7 Å². The van der Waals surface area contributed by atoms with Crippen molar-refractivity contribution < 1.29 is 47.4 Å². The van der Waals surface area contributed by atoms with Gasteiger partial charge >= 0.3 is 15.2 Å². The van der Waals surface area contributed by atoms with E-state index in [1.807, 2.05) is 48.5 Å². The van der Waals surface area contributed by atoms with Crippen molar-refractivity contribution in [3.05, 3.63) is 59.7 Å². The van der Waals surface area contributed by atoms with Gasteiger partial charge in [-0.3, -0.25) is 9.13 Å². The Bertz CT molecular complexity index is 832. The zero-order valence-corrected chi connectivity index (χ0v) is 21.6. The molecule has 0 saturated heterocycles. The quantitative estimate of drug-likeness (QED) is 0.129. The molecule has 34 heavy (non-hydrogen) atoms. The summed E-state index contributed by atoms with van der Waals surface area (Å²) in [6.07, 6.45) is -0.0255. The Kier molecular flexibility index (Phi) is 12.6. The second-order valence-electron chi connectivity index (χ2n) is 6.86. The van der Waals surface area contributed by atoms with Crippen molar-refractivity contribution in [3.63, 3.8) is 0 Å². The monoisotopic (exact) mass is 518 g/mol. The molecule has 10 nitrogen and oxygen atoms in total. The van der Waals surface area contributed by atoms with Crippen LogP contribution in [0.3, 0.4) is 0 Å². The first-order valence-electron chi connectivity index (χ1n) is 11.0. The molecule has 0 bridgehead atoms. The van der Waals surface area contributed by atoms with Gasteiger partial charge in [0, 0.05) is 0 Å². The van der Waals surface area contributed by atoms with Gasteiger partial charge in [0.2, 0.25) is 0 Å². The Morgan fingerprint density at radius 1 is 0.500 bits per heavy atom. The van der Waals surface area contributed by atoms with Crippen LogP contribution in [0.25, 0.3) is 11.1 Å². The van der Waals surface area contributed by atoms with E-state index in [1.165, 1.54) is 0 Å². The maximum atomic E-state index is 12.8. The van der Waals surface area contributed by atoms with Crippen LogP contribution < -0.4 is 0 Å². The van der Waals surface area contributed by atoms with Crippen LogP contribution in [0.1, 0.15) is 38.8 Å². The minimum atomic E-state index is -3.62. The van der Waals surface area contributed by atoms with E-state index in [2.05, 4.69) is 0 Å². The fourth-order valence-electron chi connectivity index (χ4n) is 2.71. The summed E-state index contributed by atoms with van der Waals surface area (Å²) in [5.74, 6) is 0. The fraction of sp³-hybridized carbons (Fsp3) is 0.455. The normalized spacial score (nSPS) is 12.2. The van der Waals surface area contributed by atoms with E-state index in [-0.39, 0.29) is 38.8 Å². The Hall–Kier alpha value is -1.42. The van der Waals surface area contributed by atoms with Crippen LogP contribution >= 0.6 is 15.2 Å². The molecule has 2 aromatic rings. The zero-order chi connectivity index (χ0) is 24.9. The first kappa shape index (κ1) is 28.8. The highest BCUT2D eigenvalue weighted by molar-refractivity contribution is 7.53. The van der Waals surface area contributed by atoms with Gasteiger partial charge in [-0.05, 0) is 49.9 Å². The summed E-state index contributed by atoms with van der Waals surface area (Å²) < 4.78 is 45.4. The molecule has 0 N–H and O–H groups in total. The van der Waals surface area contributed by atoms with Crippen molar-refractivity contribution in [3.8, 4) is 11.1 Å². The molecule has 0 radical (unpaired) electrons. The first-order chi connectivity index (χ1) is 16.4. The molecule has 0 aromatic heterocycles. The Balaban J connectivity index is 2.08. The van der Waals surface area contributed by atoms with Gasteiger partial charge in [0.1, 0.15) is 0 Å². The second-order valence-corrected chi connectivity index (χ2v) is 10.5. The molecule has 0 saturated carbocycles. The summed E-state index contributed by atoms with van der Waals surface area (Å²) in [6.45, 7) is 7.73. The molecule has 0 fully saturated rings. The average Bonchev–Trinajstić information content (AvgIpc) is 2.85. The highest BCUT2D eigenvalue weighted by Crippen LogP contribution is 2.53. The topological polar surface area (TPSA) is 108 Å². The van der Waals surface area contributed by atoms with Crippen molar-refractivity contribution in [2.24, 2.45) is 0 Å². The van der Waals surface area contributed by atoms with Crippen LogP contribution in [-0.2, 0) is 59.7 Å². The van der Waals surface area contributed by atoms with E-state index in [1.54, 1.807) is 27.7 Å². The zero-order valence-electron chi connectivity index (χ0n) is 19.8. The molecule has 190 valence electrons. The highest BCUT2D eigenvalue weighted by atomic mass is 31.2. The molecule has 0 aliphatic rings. The standard InChI is InChI=1S/C22H32O10P2/c1-5-25-29-33(23,30-26-6-2)17-19-9-13-21(14-10-19)22-15-11-20(12-16-22)18-34(24,31-27-7-3)32-28-8-4/h9-16H,5-8,17-18H2,1-4H3. The maximum Gasteiger partial charge on any atom is 0.388 e. The van der Waals surface area contributed by atoms with E-state index in [0.29, 0.717) is 0 Å². The average molecular weight is 518 g/mol. The third-order valence-electron chi connectivity index (χ3n) is 4.13. The van der Waals surface area contributed by atoms with Crippen molar-refractivity contribution in [1.82, 2.24) is 0 Å². The van der Waals surface area contributed by atoms with Gasteiger partial charge in [0.15, 0.2) is 0 Å². The molecule has 0 heterocycles. The molecule has 12 heteroatoms. The molecule has 2 aromatic carbocycles. The van der Waals surface area contributed by atoms with Gasteiger partial charge in [-0.1, -0.05) is 48.5 Å². The lowest BCUT2D eigenvalue weighted by molar-refractivity contribution is -0.263. The summed E-state index contributed by atoms with van der Waals surface area (Å²) in [4.78, 5) is 19.3. The maximum absolute atomic E-state index is 12.8. The first-order valence-corrected chi connectivity index (χ1v) is 14.4. The molecular formula is C22H32O10P2. The van der Waals surface area contributed by atoms with E-state index >= 15 is 0 Å². The lowest BCUT2D eigenvalue weighted by Gasteiger charge is -2.16. The molecule has 0 atom stereocenters. The van der Waals surface area contributed by atoms with Gasteiger partial charge in [0.25, 0.3) is 0 Å². The summed E-state index contributed by atoms with van der Waals surface area (Å²) >= 11 is 0. The van der Waals surface area contributed by atoms with Crippen molar-refractivity contribution in [2.45, 2.75) is 40.0 Å². The molecule has 0 aliphatic carbocycles. The van der Waals surface area contributed by atoms with Crippen molar-refractivity contribution in [1.29, 1.82) is 0 Å². The third kappa shape index (κ3) is 9.68. The highest BCUT2D eigenvalue weighted by Gasteiger charge is 2.29. The van der Waals surface area contributed by atoms with Crippen molar-refractivity contribution in [2.75, 3.05) is 26.4 Å². The molecule has 2 rings (SSSR count). The van der Waals surface area contributed by atoms with Crippen LogP contribution in [-0.4, -0.2) is 26.4 Å². The second kappa shape index (κ2) is 14.9. The molecule has 0 unspecified atom stereocenters. The molecular weight excluding hydrogens is 486 g/mol. The number of hydrogen-bond acceptors (Lipinski definition) is 10. The minimum absolute atomic E-state index is 0.0127. The molecule has 0 aliphatic heterocycles. The van der Waals surface area contributed by atoms with Crippen LogP contribution in [0.2, 0.25) is 0 Å². The summed E-state index contributed by atoms with van der Waals surface area (Å²) in [5.41, 5.74) is 3.32. The van der Waals surface area contributed by atoms with E-state index in [4.69, 9.17) is 38.2 Å². The summed E-state index contributed by atoms with van der Waals surface area (Å²) in [5, 5.41) is 0. The van der Waals surface area contributed by atoms with Gasteiger partial charge in [0.05, 0.1) is 38.8 Å². The Morgan fingerprint density at radius 3 is 1.00 bits per heavy atom. The van der Waals surface area contributed by atoms with Gasteiger partial charge < -0.3 is 0 Å². The van der Waals surface area contributed by atoms with E-state index in [9.17, 15) is 9.13 Å². The van der Waals surface area contributed by atoms with Gasteiger partial charge in [-0.2, -0.15) is 0 Å². The van der Waals surface area contributed by atoms with E-state index in [0.717, 1.165) is 22.3 Å². The number of rotatable bonds is 17. The summed E-state index contributed by atoms with van der Waals surface area (Å²) in [6, 6.07) is 14.8. The number of benzene rings is 2. The molecule has 0 amide bonds. The number of hydrogen-bond donors (Lipinski definition) is 0. The SMILES string of the molecule is CCOOP(=O)(Cc1ccc(-c2ccc(CP(=O)(OOCC)OOCC)cc2)cc1)OOCC. The lowest BCUT2D eigenvalue weighted by Crippen LogP contribution is -2.02. The smallest absolute Gasteiger partial charge is 0.255 e. The van der Waals surface area contributed by atoms with Crippen molar-refractivity contribution >= 4 is 15.2 Å². The fourth-order valence-corrected chi connectivity index (χ4v) is 5.36. The van der Waals surface area contributed by atoms with Crippen LogP contribution in [0.4, 0.5) is 0 Å². The Morgan fingerprint density at radius 2 is 0.765 bits per heavy atom. The van der Waals surface area contributed by atoms with E-state index < -0.39 is 15.2 Å². The third-order valence-corrected chi connectivity index (χ3v) is 6.97. The van der Waals surface area contributed by atoms with Crippen LogP contribution in [0.5, 0.6) is 0 Å². The minimum Gasteiger partial charge on any atom is -0.255 e. The predicted octanol–water partition coefficient (Wildman–Crippen LogP) is 6.61. The van der Waals surface area contributed by atoms with Crippen LogP contribution in [0, 0.1) is 0 Å². The van der Waals surface area contributed by atoms with Gasteiger partial charge in [-0.25, -0.2) is 19.6 Å². The van der Waals surface area contributed by atoms with Crippen LogP contribution in [0.15, 0.2) is 48.5 Å². The predicted molar refractivity (Wildman–Crippen MR) is 125 cm³/mol. The lowest BCUT2D eigenvalue weighted by atomic mass is 10.0.